The van der Waals surface area contributed by atoms with Crippen molar-refractivity contribution in [2.45, 2.75) is 30.0 Å². The second kappa shape index (κ2) is 4.73. The predicted octanol–water partition coefficient (Wildman–Crippen LogP) is 0.861. The summed E-state index contributed by atoms with van der Waals surface area (Å²) in [5.74, 6) is -0.383. The molecular formula is C12H12BF4KO. The molecule has 3 fully saturated rings. The summed E-state index contributed by atoms with van der Waals surface area (Å²) in [5, 5.41) is -1.42. The summed E-state index contributed by atoms with van der Waals surface area (Å²) in [7, 11) is 1.35. The van der Waals surface area contributed by atoms with Gasteiger partial charge in [-0.15, -0.1) is 0 Å². The molecule has 7 heteroatoms. The molecular weight excluding hydrogens is 286 g/mol. The number of hydrogen-bond donors (Lipinski definition) is 0. The summed E-state index contributed by atoms with van der Waals surface area (Å²) in [6.45, 7) is -4.76. The van der Waals surface area contributed by atoms with E-state index in [0.29, 0.717) is 0 Å². The van der Waals surface area contributed by atoms with Gasteiger partial charge in [-0.25, -0.2) is 4.39 Å². The summed E-state index contributed by atoms with van der Waals surface area (Å²) in [5.41, 5.74) is 0.376. The Morgan fingerprint density at radius 2 is 1.74 bits per heavy atom. The molecule has 0 unspecified atom stereocenters. The average Bonchev–Trinajstić information content (AvgIpc) is 2.14. The molecule has 0 spiro atoms. The van der Waals surface area contributed by atoms with E-state index in [-0.39, 0.29) is 76.4 Å². The Morgan fingerprint density at radius 1 is 1.16 bits per heavy atom. The molecule has 0 N–H and O–H groups in total. The van der Waals surface area contributed by atoms with Crippen molar-refractivity contribution in [2.24, 2.45) is 0 Å². The predicted molar refractivity (Wildman–Crippen MR) is 60.3 cm³/mol. The molecule has 0 aliphatic heterocycles. The smallest absolute Gasteiger partial charge is 0.494 e. The number of hydrogen-bond acceptors (Lipinski definition) is 1. The van der Waals surface area contributed by atoms with E-state index in [1.165, 1.54) is 19.2 Å². The van der Waals surface area contributed by atoms with Crippen molar-refractivity contribution in [1.29, 1.82) is 0 Å². The molecule has 2 bridgehead atoms. The van der Waals surface area contributed by atoms with Gasteiger partial charge in [0, 0.05) is 0 Å². The molecule has 0 amide bonds. The second-order valence-corrected chi connectivity index (χ2v) is 5.60. The zero-order valence-corrected chi connectivity index (χ0v) is 14.0. The molecule has 0 aromatic heterocycles. The molecule has 0 heterocycles. The van der Waals surface area contributed by atoms with Gasteiger partial charge >= 0.3 is 58.4 Å². The second-order valence-electron chi connectivity index (χ2n) is 5.60. The normalized spacial score (nSPS) is 31.8. The Labute approximate surface area is 151 Å². The standard InChI is InChI=1S/C12H12BF4O.K/c1-18-10-4-8(2-3-9(10)14)11-5-12(6-11,7-11)13(15,16)17;/h2-4H,5-7H2,1H3;/q-1;+1. The largest absolute Gasteiger partial charge is 1.00 e. The number of ether oxygens (including phenoxy) is 1. The van der Waals surface area contributed by atoms with Crippen LogP contribution in [0.3, 0.4) is 0 Å². The van der Waals surface area contributed by atoms with Gasteiger partial charge in [0.05, 0.1) is 7.11 Å². The fourth-order valence-corrected chi connectivity index (χ4v) is 3.51. The Kier molecular flexibility index (Phi) is 3.94. The number of methoxy groups -OCH3 is 1. The van der Waals surface area contributed by atoms with Crippen LogP contribution in [-0.4, -0.2) is 14.1 Å². The summed E-state index contributed by atoms with van der Waals surface area (Å²) < 4.78 is 56.5. The van der Waals surface area contributed by atoms with Gasteiger partial charge in [0.15, 0.2) is 11.6 Å². The van der Waals surface area contributed by atoms with Crippen molar-refractivity contribution in [3.8, 4) is 5.75 Å². The fourth-order valence-electron chi connectivity index (χ4n) is 3.51. The number of rotatable bonds is 3. The minimum Gasteiger partial charge on any atom is -0.494 e. The van der Waals surface area contributed by atoms with Crippen LogP contribution >= 0.6 is 0 Å². The van der Waals surface area contributed by atoms with Crippen LogP contribution in [0.4, 0.5) is 17.3 Å². The van der Waals surface area contributed by atoms with E-state index in [1.54, 1.807) is 6.07 Å². The maximum Gasteiger partial charge on any atom is 1.00 e. The van der Waals surface area contributed by atoms with Gasteiger partial charge < -0.3 is 17.7 Å². The topological polar surface area (TPSA) is 9.23 Å². The Bertz CT molecular complexity index is 497. The minimum absolute atomic E-state index is 0. The van der Waals surface area contributed by atoms with E-state index in [2.05, 4.69) is 0 Å². The third kappa shape index (κ3) is 2.12. The van der Waals surface area contributed by atoms with Crippen molar-refractivity contribution in [3.05, 3.63) is 29.6 Å². The fraction of sp³-hybridized carbons (Fsp3) is 0.500. The minimum atomic E-state index is -4.76. The molecule has 0 atom stereocenters. The summed E-state index contributed by atoms with van der Waals surface area (Å²) in [6, 6.07) is 4.37. The van der Waals surface area contributed by atoms with Crippen LogP contribution in [0.2, 0.25) is 5.31 Å². The first kappa shape index (κ1) is 15.8. The van der Waals surface area contributed by atoms with E-state index < -0.39 is 23.5 Å². The third-order valence-electron chi connectivity index (χ3n) is 4.53. The van der Waals surface area contributed by atoms with Crippen LogP contribution in [0.15, 0.2) is 18.2 Å². The molecule has 1 nitrogen and oxygen atoms in total. The van der Waals surface area contributed by atoms with Gasteiger partial charge in [-0.05, 0) is 23.1 Å². The SMILES string of the molecule is COc1cc(C23CC([B-](F)(F)F)(C2)C3)ccc1F.[K+]. The molecule has 0 radical (unpaired) electrons. The van der Waals surface area contributed by atoms with Gasteiger partial charge in [0.25, 0.3) is 0 Å². The zero-order valence-electron chi connectivity index (χ0n) is 10.9. The number of benzene rings is 1. The van der Waals surface area contributed by atoms with Crippen LogP contribution in [0.25, 0.3) is 0 Å². The van der Waals surface area contributed by atoms with E-state index in [1.807, 2.05) is 0 Å². The summed E-state index contributed by atoms with van der Waals surface area (Å²) >= 11 is 0. The average molecular weight is 298 g/mol. The summed E-state index contributed by atoms with van der Waals surface area (Å²) in [4.78, 5) is 0. The van der Waals surface area contributed by atoms with E-state index in [4.69, 9.17) is 4.74 Å². The zero-order chi connectivity index (χ0) is 13.2. The molecule has 0 saturated heterocycles. The molecule has 19 heavy (non-hydrogen) atoms. The van der Waals surface area contributed by atoms with Gasteiger partial charge in [-0.2, -0.15) is 0 Å². The van der Waals surface area contributed by atoms with Crippen molar-refractivity contribution in [1.82, 2.24) is 0 Å². The molecule has 3 aliphatic rings. The van der Waals surface area contributed by atoms with Crippen LogP contribution in [-0.2, 0) is 5.41 Å². The Balaban J connectivity index is 0.00000133. The first-order valence-electron chi connectivity index (χ1n) is 5.85. The summed E-state index contributed by atoms with van der Waals surface area (Å²) in [6.07, 6.45) is 0.453. The number of halogens is 4. The van der Waals surface area contributed by atoms with Gasteiger partial charge in [-0.3, -0.25) is 0 Å². The molecule has 1 aromatic carbocycles. The Morgan fingerprint density at radius 3 is 2.21 bits per heavy atom. The first-order valence-corrected chi connectivity index (χ1v) is 5.85. The quantitative estimate of drug-likeness (QED) is 0.594. The molecule has 1 aromatic rings. The van der Waals surface area contributed by atoms with Crippen LogP contribution in [0.5, 0.6) is 5.75 Å². The van der Waals surface area contributed by atoms with Gasteiger partial charge in [0.1, 0.15) is 0 Å². The van der Waals surface area contributed by atoms with E-state index in [0.717, 1.165) is 5.56 Å². The molecule has 3 aliphatic carbocycles. The van der Waals surface area contributed by atoms with Crippen molar-refractivity contribution in [2.75, 3.05) is 7.11 Å². The first-order chi connectivity index (χ1) is 8.32. The maximum absolute atomic E-state index is 13.3. The van der Waals surface area contributed by atoms with Crippen molar-refractivity contribution in [3.63, 3.8) is 0 Å². The van der Waals surface area contributed by atoms with Crippen LogP contribution in [0, 0.1) is 5.82 Å². The monoisotopic (exact) mass is 298 g/mol. The van der Waals surface area contributed by atoms with Crippen LogP contribution < -0.4 is 56.1 Å². The van der Waals surface area contributed by atoms with E-state index >= 15 is 0 Å². The molecule has 4 rings (SSSR count). The third-order valence-corrected chi connectivity index (χ3v) is 4.53. The van der Waals surface area contributed by atoms with Crippen molar-refractivity contribution < 1.29 is 73.5 Å². The molecule has 3 saturated carbocycles. The van der Waals surface area contributed by atoms with E-state index in [9.17, 15) is 17.3 Å². The maximum atomic E-state index is 13.3. The molecule has 98 valence electrons. The van der Waals surface area contributed by atoms with Gasteiger partial charge in [0.2, 0.25) is 0 Å². The van der Waals surface area contributed by atoms with Gasteiger partial charge in [-0.1, -0.05) is 30.6 Å². The Hall–Kier alpha value is 0.441. The van der Waals surface area contributed by atoms with Crippen LogP contribution in [0.1, 0.15) is 24.8 Å². The van der Waals surface area contributed by atoms with Crippen molar-refractivity contribution >= 4 is 6.98 Å².